The van der Waals surface area contributed by atoms with E-state index in [0.717, 1.165) is 11.3 Å². The minimum absolute atomic E-state index is 0.292. The van der Waals surface area contributed by atoms with Crippen molar-refractivity contribution in [3.63, 3.8) is 0 Å². The van der Waals surface area contributed by atoms with E-state index in [1.54, 1.807) is 24.4 Å². The maximum absolute atomic E-state index is 11.4. The highest BCUT2D eigenvalue weighted by Crippen LogP contribution is 2.14. The number of carbonyl (C=O) groups excluding carboxylic acids is 2. The van der Waals surface area contributed by atoms with Gasteiger partial charge >= 0.3 is 5.97 Å². The van der Waals surface area contributed by atoms with E-state index in [2.05, 4.69) is 10.3 Å². The first-order valence-corrected chi connectivity index (χ1v) is 7.35. The number of pyridine rings is 1. The summed E-state index contributed by atoms with van der Waals surface area (Å²) in [7, 11) is 1.48. The van der Waals surface area contributed by atoms with Gasteiger partial charge in [-0.25, -0.2) is 4.79 Å². The van der Waals surface area contributed by atoms with E-state index in [1.807, 2.05) is 30.3 Å². The van der Waals surface area contributed by atoms with E-state index in [9.17, 15) is 9.59 Å². The lowest BCUT2D eigenvalue weighted by Gasteiger charge is -2.05. The van der Waals surface area contributed by atoms with Crippen molar-refractivity contribution in [2.75, 3.05) is 13.7 Å². The third-order valence-corrected chi connectivity index (χ3v) is 3.03. The number of carbonyl (C=O) groups is 2. The molecule has 0 saturated heterocycles. The van der Waals surface area contributed by atoms with E-state index in [0.29, 0.717) is 12.4 Å². The maximum Gasteiger partial charge on any atom is 0.331 e. The number of ether oxygens (including phenoxy) is 2. The number of aromatic nitrogens is 1. The second kappa shape index (κ2) is 9.09. The van der Waals surface area contributed by atoms with Gasteiger partial charge < -0.3 is 14.8 Å². The average molecular weight is 326 g/mol. The highest BCUT2D eigenvalue weighted by Gasteiger charge is 2.02. The van der Waals surface area contributed by atoms with Gasteiger partial charge in [0.2, 0.25) is 0 Å². The van der Waals surface area contributed by atoms with Crippen LogP contribution in [-0.4, -0.2) is 30.5 Å². The predicted octanol–water partition coefficient (Wildman–Crippen LogP) is 1.96. The molecule has 0 atom stereocenters. The van der Waals surface area contributed by atoms with Gasteiger partial charge in [-0.2, -0.15) is 0 Å². The first-order valence-electron chi connectivity index (χ1n) is 7.35. The Hall–Kier alpha value is -3.15. The summed E-state index contributed by atoms with van der Waals surface area (Å²) in [5, 5.41) is 2.37. The Morgan fingerprint density at radius 1 is 1.17 bits per heavy atom. The molecule has 1 heterocycles. The maximum atomic E-state index is 11.4. The monoisotopic (exact) mass is 326 g/mol. The molecule has 124 valence electrons. The van der Waals surface area contributed by atoms with Gasteiger partial charge in [-0.05, 0) is 35.9 Å². The second-order valence-electron chi connectivity index (χ2n) is 4.79. The average Bonchev–Trinajstić information content (AvgIpc) is 2.64. The van der Waals surface area contributed by atoms with Crippen molar-refractivity contribution in [3.05, 3.63) is 66.0 Å². The zero-order chi connectivity index (χ0) is 17.2. The summed E-state index contributed by atoms with van der Waals surface area (Å²) in [4.78, 5) is 26.6. The van der Waals surface area contributed by atoms with Crippen molar-refractivity contribution >= 4 is 18.0 Å². The summed E-state index contributed by atoms with van der Waals surface area (Å²) < 4.78 is 10.4. The van der Waals surface area contributed by atoms with Crippen LogP contribution in [0.5, 0.6) is 5.75 Å². The molecule has 1 N–H and O–H groups in total. The fourth-order valence-electron chi connectivity index (χ4n) is 1.74. The molecule has 0 aliphatic rings. The van der Waals surface area contributed by atoms with Crippen LogP contribution >= 0.6 is 0 Å². The quantitative estimate of drug-likeness (QED) is 0.622. The lowest BCUT2D eigenvalue weighted by Crippen LogP contribution is -2.24. The minimum Gasteiger partial charge on any atom is -0.487 e. The summed E-state index contributed by atoms with van der Waals surface area (Å²) in [6, 6.07) is 12.9. The summed E-state index contributed by atoms with van der Waals surface area (Å²) in [5.41, 5.74) is 1.66. The number of likely N-dealkylation sites (N-methyl/N-ethyl adjacent to an activating group) is 1. The molecule has 2 aromatic rings. The van der Waals surface area contributed by atoms with Crippen LogP contribution in [0.15, 0.2) is 54.7 Å². The Balaban J connectivity index is 1.82. The first kappa shape index (κ1) is 17.2. The second-order valence-corrected chi connectivity index (χ2v) is 4.79. The van der Waals surface area contributed by atoms with Crippen molar-refractivity contribution < 1.29 is 19.1 Å². The van der Waals surface area contributed by atoms with E-state index in [1.165, 1.54) is 13.1 Å². The summed E-state index contributed by atoms with van der Waals surface area (Å²) in [6.07, 6.45) is 4.59. The number of rotatable bonds is 7. The number of nitrogens with zero attached hydrogens (tertiary/aromatic N) is 1. The Morgan fingerprint density at radius 3 is 2.62 bits per heavy atom. The number of hydrogen-bond acceptors (Lipinski definition) is 5. The number of amides is 1. The Labute approximate surface area is 140 Å². The summed E-state index contributed by atoms with van der Waals surface area (Å²) in [6.45, 7) is 0.0990. The van der Waals surface area contributed by atoms with Gasteiger partial charge in [0.05, 0.1) is 5.69 Å². The van der Waals surface area contributed by atoms with Crippen LogP contribution in [0, 0.1) is 0 Å². The largest absolute Gasteiger partial charge is 0.487 e. The number of hydrogen-bond donors (Lipinski definition) is 1. The summed E-state index contributed by atoms with van der Waals surface area (Å²) >= 11 is 0. The highest BCUT2D eigenvalue weighted by molar-refractivity contribution is 5.89. The molecule has 6 heteroatoms. The SMILES string of the molecule is CNC(=O)COC(=O)/C=C\c1ccc(OCc2ccccn2)cc1. The molecule has 1 amide bonds. The first-order chi connectivity index (χ1) is 11.7. The topological polar surface area (TPSA) is 77.5 Å². The molecule has 0 fully saturated rings. The third-order valence-electron chi connectivity index (χ3n) is 3.03. The molecule has 24 heavy (non-hydrogen) atoms. The molecule has 0 radical (unpaired) electrons. The minimum atomic E-state index is -0.575. The van der Waals surface area contributed by atoms with Gasteiger partial charge in [-0.1, -0.05) is 18.2 Å². The van der Waals surface area contributed by atoms with Crippen molar-refractivity contribution in [2.45, 2.75) is 6.61 Å². The predicted molar refractivity (Wildman–Crippen MR) is 89.1 cm³/mol. The van der Waals surface area contributed by atoms with E-state index in [-0.39, 0.29) is 12.5 Å². The fraction of sp³-hybridized carbons (Fsp3) is 0.167. The van der Waals surface area contributed by atoms with E-state index < -0.39 is 5.97 Å². The standard InChI is InChI=1S/C18H18N2O4/c1-19-17(21)13-24-18(22)10-7-14-5-8-16(9-6-14)23-12-15-4-2-3-11-20-15/h2-11H,12-13H2,1H3,(H,19,21)/b10-7-. The van der Waals surface area contributed by atoms with Gasteiger partial charge in [0.25, 0.3) is 5.91 Å². The summed E-state index contributed by atoms with van der Waals surface area (Å²) in [5.74, 6) is -0.222. The Bertz CT molecular complexity index is 697. The molecular formula is C18H18N2O4. The van der Waals surface area contributed by atoms with Gasteiger partial charge in [0.15, 0.2) is 6.61 Å². The molecule has 0 unspecified atom stereocenters. The van der Waals surface area contributed by atoms with Gasteiger partial charge in [-0.15, -0.1) is 0 Å². The normalized spacial score (nSPS) is 10.4. The molecule has 0 aliphatic heterocycles. The number of nitrogens with one attached hydrogen (secondary N) is 1. The molecule has 0 aliphatic carbocycles. The van der Waals surface area contributed by atoms with Crippen LogP contribution < -0.4 is 10.1 Å². The molecule has 0 bridgehead atoms. The zero-order valence-electron chi connectivity index (χ0n) is 13.3. The van der Waals surface area contributed by atoms with Crippen LogP contribution in [0.2, 0.25) is 0 Å². The molecule has 0 saturated carbocycles. The number of benzene rings is 1. The van der Waals surface area contributed by atoms with E-state index in [4.69, 9.17) is 9.47 Å². The van der Waals surface area contributed by atoms with Crippen LogP contribution in [0.25, 0.3) is 6.08 Å². The van der Waals surface area contributed by atoms with Gasteiger partial charge in [0, 0.05) is 19.3 Å². The Kier molecular flexibility index (Phi) is 6.52. The molecule has 1 aromatic heterocycles. The number of esters is 1. The molecular weight excluding hydrogens is 308 g/mol. The van der Waals surface area contributed by atoms with E-state index >= 15 is 0 Å². The Morgan fingerprint density at radius 2 is 1.96 bits per heavy atom. The van der Waals surface area contributed by atoms with Crippen molar-refractivity contribution in [2.24, 2.45) is 0 Å². The van der Waals surface area contributed by atoms with Crippen LogP contribution in [0.1, 0.15) is 11.3 Å². The van der Waals surface area contributed by atoms with Crippen LogP contribution in [0.3, 0.4) is 0 Å². The van der Waals surface area contributed by atoms with Gasteiger partial charge in [0.1, 0.15) is 12.4 Å². The third kappa shape index (κ3) is 5.92. The molecule has 2 rings (SSSR count). The molecule has 1 aromatic carbocycles. The van der Waals surface area contributed by atoms with Crippen molar-refractivity contribution in [1.82, 2.24) is 10.3 Å². The lowest BCUT2D eigenvalue weighted by molar-refractivity contribution is -0.143. The van der Waals surface area contributed by atoms with Gasteiger partial charge in [-0.3, -0.25) is 9.78 Å². The van der Waals surface area contributed by atoms with Crippen LogP contribution in [0.4, 0.5) is 0 Å². The van der Waals surface area contributed by atoms with Crippen molar-refractivity contribution in [1.29, 1.82) is 0 Å². The smallest absolute Gasteiger partial charge is 0.331 e. The zero-order valence-corrected chi connectivity index (χ0v) is 13.3. The molecule has 6 nitrogen and oxygen atoms in total. The fourth-order valence-corrected chi connectivity index (χ4v) is 1.74. The molecule has 0 spiro atoms. The highest BCUT2D eigenvalue weighted by atomic mass is 16.5. The van der Waals surface area contributed by atoms with Crippen molar-refractivity contribution in [3.8, 4) is 5.75 Å². The lowest BCUT2D eigenvalue weighted by atomic mass is 10.2. The van der Waals surface area contributed by atoms with Crippen LogP contribution in [-0.2, 0) is 20.9 Å².